The molecule has 0 aromatic carbocycles. The first kappa shape index (κ1) is 12.4. The molecule has 0 aliphatic heterocycles. The van der Waals surface area contributed by atoms with Crippen LogP contribution in [0.2, 0.25) is 0 Å². The third-order valence-electron chi connectivity index (χ3n) is 4.54. The van der Waals surface area contributed by atoms with E-state index in [2.05, 4.69) is 19.3 Å². The molecule has 0 saturated heterocycles. The molecule has 1 N–H and O–H groups in total. The fraction of sp³-hybridized carbons (Fsp3) is 1.00. The third kappa shape index (κ3) is 2.78. The topological polar surface area (TPSA) is 21.3 Å². The van der Waals surface area contributed by atoms with Gasteiger partial charge >= 0.3 is 0 Å². The molecule has 4 atom stereocenters. The first-order valence-corrected chi connectivity index (χ1v) is 7.18. The molecule has 4 unspecified atom stereocenters. The van der Waals surface area contributed by atoms with E-state index in [4.69, 9.17) is 4.74 Å². The van der Waals surface area contributed by atoms with Crippen LogP contribution in [0.15, 0.2) is 0 Å². The van der Waals surface area contributed by atoms with Crippen molar-refractivity contribution in [3.63, 3.8) is 0 Å². The number of hydrogen-bond acceptors (Lipinski definition) is 2. The van der Waals surface area contributed by atoms with Gasteiger partial charge in [-0.25, -0.2) is 0 Å². The molecule has 0 radical (unpaired) electrons. The Labute approximate surface area is 100 Å². The van der Waals surface area contributed by atoms with Crippen LogP contribution in [0.1, 0.15) is 58.3 Å². The summed E-state index contributed by atoms with van der Waals surface area (Å²) in [5.41, 5.74) is 0. The predicted molar refractivity (Wildman–Crippen MR) is 67.6 cm³/mol. The maximum absolute atomic E-state index is 6.40. The number of nitrogens with one attached hydrogen (secondary N) is 1. The van der Waals surface area contributed by atoms with Crippen molar-refractivity contribution in [3.8, 4) is 0 Å². The molecular formula is C14H27NO. The molecule has 0 amide bonds. The largest absolute Gasteiger partial charge is 0.373 e. The van der Waals surface area contributed by atoms with Crippen LogP contribution < -0.4 is 5.32 Å². The van der Waals surface area contributed by atoms with Crippen molar-refractivity contribution in [1.82, 2.24) is 5.32 Å². The minimum atomic E-state index is 0.488. The molecule has 0 bridgehead atoms. The van der Waals surface area contributed by atoms with Gasteiger partial charge in [0.05, 0.1) is 12.2 Å². The quantitative estimate of drug-likeness (QED) is 0.794. The summed E-state index contributed by atoms with van der Waals surface area (Å²) in [7, 11) is 2.07. The van der Waals surface area contributed by atoms with Crippen LogP contribution in [-0.4, -0.2) is 25.3 Å². The van der Waals surface area contributed by atoms with Crippen molar-refractivity contribution >= 4 is 0 Å². The Bertz CT molecular complexity index is 207. The molecule has 2 aliphatic rings. The van der Waals surface area contributed by atoms with Crippen LogP contribution in [0.4, 0.5) is 0 Å². The lowest BCUT2D eigenvalue weighted by Crippen LogP contribution is -2.40. The highest BCUT2D eigenvalue weighted by Gasteiger charge is 2.32. The number of hydrogen-bond donors (Lipinski definition) is 1. The first-order valence-electron chi connectivity index (χ1n) is 7.18. The summed E-state index contributed by atoms with van der Waals surface area (Å²) in [4.78, 5) is 0. The predicted octanol–water partition coefficient (Wildman–Crippen LogP) is 3.11. The Balaban J connectivity index is 1.86. The zero-order chi connectivity index (χ0) is 11.4. The maximum Gasteiger partial charge on any atom is 0.0731 e. The van der Waals surface area contributed by atoms with Gasteiger partial charge in [0.15, 0.2) is 0 Å². The lowest BCUT2D eigenvalue weighted by atomic mass is 9.84. The summed E-state index contributed by atoms with van der Waals surface area (Å²) in [6.45, 7) is 2.32. The van der Waals surface area contributed by atoms with Crippen molar-refractivity contribution in [3.05, 3.63) is 0 Å². The van der Waals surface area contributed by atoms with Crippen LogP contribution in [0, 0.1) is 5.92 Å². The zero-order valence-electron chi connectivity index (χ0n) is 10.9. The molecule has 2 fully saturated rings. The van der Waals surface area contributed by atoms with Gasteiger partial charge in [0, 0.05) is 6.04 Å². The average molecular weight is 225 g/mol. The van der Waals surface area contributed by atoms with E-state index in [1.807, 2.05) is 0 Å². The van der Waals surface area contributed by atoms with E-state index < -0.39 is 0 Å². The van der Waals surface area contributed by atoms with Gasteiger partial charge in [-0.15, -0.1) is 0 Å². The highest BCUT2D eigenvalue weighted by Crippen LogP contribution is 2.33. The van der Waals surface area contributed by atoms with Gasteiger partial charge in [-0.1, -0.05) is 26.2 Å². The third-order valence-corrected chi connectivity index (χ3v) is 4.54. The Hall–Kier alpha value is -0.0800. The van der Waals surface area contributed by atoms with Gasteiger partial charge < -0.3 is 10.1 Å². The normalized spacial score (nSPS) is 40.1. The minimum absolute atomic E-state index is 0.488. The summed E-state index contributed by atoms with van der Waals surface area (Å²) in [6.07, 6.45) is 11.7. The summed E-state index contributed by atoms with van der Waals surface area (Å²) in [6, 6.07) is 0.611. The van der Waals surface area contributed by atoms with E-state index in [-0.39, 0.29) is 0 Å². The Morgan fingerprint density at radius 3 is 2.50 bits per heavy atom. The second-order valence-electron chi connectivity index (χ2n) is 5.49. The lowest BCUT2D eigenvalue weighted by Gasteiger charge is -2.34. The van der Waals surface area contributed by atoms with Gasteiger partial charge in [0.25, 0.3) is 0 Å². The molecule has 0 heterocycles. The molecule has 0 spiro atoms. The van der Waals surface area contributed by atoms with E-state index in [9.17, 15) is 0 Å². The van der Waals surface area contributed by atoms with Crippen LogP contribution >= 0.6 is 0 Å². The maximum atomic E-state index is 6.40. The Morgan fingerprint density at radius 2 is 1.75 bits per heavy atom. The second kappa shape index (κ2) is 6.02. The summed E-state index contributed by atoms with van der Waals surface area (Å²) in [5, 5.41) is 3.41. The van der Waals surface area contributed by atoms with Gasteiger partial charge in [0.1, 0.15) is 0 Å². The van der Waals surface area contributed by atoms with E-state index in [0.29, 0.717) is 18.2 Å². The first-order chi connectivity index (χ1) is 7.85. The zero-order valence-corrected chi connectivity index (χ0v) is 10.9. The summed E-state index contributed by atoms with van der Waals surface area (Å²) >= 11 is 0. The van der Waals surface area contributed by atoms with Crippen LogP contribution in [0.3, 0.4) is 0 Å². The molecule has 2 heteroatoms. The van der Waals surface area contributed by atoms with Crippen LogP contribution in [-0.2, 0) is 4.74 Å². The molecule has 2 aliphatic carbocycles. The number of ether oxygens (including phenoxy) is 1. The van der Waals surface area contributed by atoms with Gasteiger partial charge in [-0.2, -0.15) is 0 Å². The molecule has 0 aromatic heterocycles. The lowest BCUT2D eigenvalue weighted by molar-refractivity contribution is -0.0660. The van der Waals surface area contributed by atoms with Crippen molar-refractivity contribution in [1.29, 1.82) is 0 Å². The fourth-order valence-electron chi connectivity index (χ4n) is 3.46. The monoisotopic (exact) mass is 225 g/mol. The molecule has 94 valence electrons. The van der Waals surface area contributed by atoms with E-state index in [1.54, 1.807) is 0 Å². The van der Waals surface area contributed by atoms with E-state index >= 15 is 0 Å². The number of rotatable bonds is 4. The van der Waals surface area contributed by atoms with E-state index in [1.165, 1.54) is 51.4 Å². The number of likely N-dealkylation sites (N-methyl/N-ethyl adjacent to an activating group) is 1. The Kier molecular flexibility index (Phi) is 4.66. The van der Waals surface area contributed by atoms with Crippen molar-refractivity contribution < 1.29 is 4.74 Å². The molecule has 2 nitrogen and oxygen atoms in total. The van der Waals surface area contributed by atoms with Crippen LogP contribution in [0.25, 0.3) is 0 Å². The van der Waals surface area contributed by atoms with Crippen molar-refractivity contribution in [2.75, 3.05) is 7.05 Å². The molecule has 2 saturated carbocycles. The van der Waals surface area contributed by atoms with Crippen molar-refractivity contribution in [2.24, 2.45) is 5.92 Å². The molecule has 16 heavy (non-hydrogen) atoms. The van der Waals surface area contributed by atoms with E-state index in [0.717, 1.165) is 5.92 Å². The minimum Gasteiger partial charge on any atom is -0.373 e. The smallest absolute Gasteiger partial charge is 0.0731 e. The molecule has 0 aromatic rings. The summed E-state index contributed by atoms with van der Waals surface area (Å²) < 4.78 is 6.40. The standard InChI is InChI=1S/C14H27NO/c1-3-11-7-4-5-9-13(11)16-14-10-6-8-12(14)15-2/h11-15H,3-10H2,1-2H3. The molecule has 2 rings (SSSR count). The van der Waals surface area contributed by atoms with Crippen molar-refractivity contribution in [2.45, 2.75) is 76.5 Å². The van der Waals surface area contributed by atoms with Crippen LogP contribution in [0.5, 0.6) is 0 Å². The van der Waals surface area contributed by atoms with Gasteiger partial charge in [-0.05, 0) is 45.1 Å². The van der Waals surface area contributed by atoms with Gasteiger partial charge in [0.2, 0.25) is 0 Å². The highest BCUT2D eigenvalue weighted by molar-refractivity contribution is 4.85. The highest BCUT2D eigenvalue weighted by atomic mass is 16.5. The second-order valence-corrected chi connectivity index (χ2v) is 5.49. The fourth-order valence-corrected chi connectivity index (χ4v) is 3.46. The Morgan fingerprint density at radius 1 is 1.00 bits per heavy atom. The molecular weight excluding hydrogens is 198 g/mol. The SMILES string of the molecule is CCC1CCCCC1OC1CCCC1NC. The summed E-state index contributed by atoms with van der Waals surface area (Å²) in [5.74, 6) is 0.826. The average Bonchev–Trinajstić information content (AvgIpc) is 2.77. The van der Waals surface area contributed by atoms with Gasteiger partial charge in [-0.3, -0.25) is 0 Å².